The Morgan fingerprint density at radius 3 is 2.66 bits per heavy atom. The van der Waals surface area contributed by atoms with Gasteiger partial charge >= 0.3 is 0 Å². The first-order valence-corrected chi connectivity index (χ1v) is 10.0. The SMILES string of the molecule is N#CCc1ccc(CNC(O)c2cc(-c3c[nH]c4cnc(N)cc34)cc(C=N)c2N)cc1. The van der Waals surface area contributed by atoms with Gasteiger partial charge in [-0.25, -0.2) is 4.98 Å². The third-order valence-electron chi connectivity index (χ3n) is 5.40. The molecule has 8 heteroatoms. The average molecular weight is 425 g/mol. The minimum atomic E-state index is -1.04. The van der Waals surface area contributed by atoms with Gasteiger partial charge in [0.15, 0.2) is 0 Å². The number of aliphatic hydroxyl groups is 1. The third kappa shape index (κ3) is 4.16. The maximum absolute atomic E-state index is 10.9. The number of hydrogen-bond acceptors (Lipinski definition) is 7. The normalized spacial score (nSPS) is 11.9. The van der Waals surface area contributed by atoms with Crippen LogP contribution in [-0.2, 0) is 13.0 Å². The number of nitrogens with two attached hydrogens (primary N) is 2. The molecular formula is C24H23N7O. The van der Waals surface area contributed by atoms with E-state index in [4.69, 9.17) is 22.1 Å². The maximum Gasteiger partial charge on any atom is 0.133 e. The van der Waals surface area contributed by atoms with E-state index in [-0.39, 0.29) is 0 Å². The van der Waals surface area contributed by atoms with Gasteiger partial charge in [-0.3, -0.25) is 5.32 Å². The molecule has 0 saturated carbocycles. The van der Waals surface area contributed by atoms with Crippen molar-refractivity contribution < 1.29 is 5.11 Å². The van der Waals surface area contributed by atoms with E-state index in [2.05, 4.69) is 21.4 Å². The first-order valence-electron chi connectivity index (χ1n) is 10.0. The van der Waals surface area contributed by atoms with Crippen LogP contribution in [0.1, 0.15) is 28.5 Å². The number of pyridine rings is 1. The zero-order valence-electron chi connectivity index (χ0n) is 17.3. The molecule has 1 atom stereocenters. The highest BCUT2D eigenvalue weighted by Crippen LogP contribution is 2.34. The standard InChI is InChI=1S/C24H23N7O/c25-6-5-14-1-3-15(4-2-14)11-31-24(32)19-8-16(7-17(10-26)23(19)28)20-12-29-21-13-30-22(27)9-18(20)21/h1-4,7-10,12-13,24,26,29,31-32H,5,11,28H2,(H2,27,30). The number of anilines is 2. The van der Waals surface area contributed by atoms with Crippen LogP contribution in [0.15, 0.2) is 54.9 Å². The summed E-state index contributed by atoms with van der Waals surface area (Å²) < 4.78 is 0. The Labute approximate surface area is 185 Å². The molecule has 0 saturated heterocycles. The van der Waals surface area contributed by atoms with Gasteiger partial charge in [0.1, 0.15) is 12.0 Å². The lowest BCUT2D eigenvalue weighted by Crippen LogP contribution is -2.22. The van der Waals surface area contributed by atoms with Crippen molar-refractivity contribution in [2.45, 2.75) is 19.2 Å². The van der Waals surface area contributed by atoms with Crippen molar-refractivity contribution in [1.29, 1.82) is 10.7 Å². The van der Waals surface area contributed by atoms with Crippen LogP contribution in [0, 0.1) is 16.7 Å². The summed E-state index contributed by atoms with van der Waals surface area (Å²) in [6.45, 7) is 0.410. The molecule has 4 rings (SSSR count). The Kier molecular flexibility index (Phi) is 5.85. The van der Waals surface area contributed by atoms with Crippen molar-refractivity contribution in [3.8, 4) is 17.2 Å². The van der Waals surface area contributed by atoms with E-state index in [9.17, 15) is 5.11 Å². The molecule has 2 heterocycles. The van der Waals surface area contributed by atoms with E-state index >= 15 is 0 Å². The quantitative estimate of drug-likeness (QED) is 0.151. The first-order chi connectivity index (χ1) is 15.5. The second-order valence-corrected chi connectivity index (χ2v) is 7.50. The highest BCUT2D eigenvalue weighted by molar-refractivity contribution is 5.98. The van der Waals surface area contributed by atoms with Crippen molar-refractivity contribution in [3.63, 3.8) is 0 Å². The molecule has 2 aromatic carbocycles. The molecule has 8 N–H and O–H groups in total. The van der Waals surface area contributed by atoms with Gasteiger partial charge in [0.05, 0.1) is 24.2 Å². The van der Waals surface area contributed by atoms with Crippen molar-refractivity contribution in [3.05, 3.63) is 77.1 Å². The molecule has 0 aliphatic carbocycles. The van der Waals surface area contributed by atoms with Gasteiger partial charge < -0.3 is 27.0 Å². The van der Waals surface area contributed by atoms with Crippen molar-refractivity contribution in [2.24, 2.45) is 0 Å². The van der Waals surface area contributed by atoms with E-state index < -0.39 is 6.23 Å². The number of H-pyrrole nitrogens is 1. The number of nitrogen functional groups attached to an aromatic ring is 2. The predicted molar refractivity (Wildman–Crippen MR) is 126 cm³/mol. The fourth-order valence-electron chi connectivity index (χ4n) is 3.67. The van der Waals surface area contributed by atoms with Crippen LogP contribution in [0.5, 0.6) is 0 Å². The van der Waals surface area contributed by atoms with Crippen LogP contribution >= 0.6 is 0 Å². The number of nitrogens with zero attached hydrogens (tertiary/aromatic N) is 2. The van der Waals surface area contributed by atoms with Crippen molar-refractivity contribution in [1.82, 2.24) is 15.3 Å². The number of nitrogens with one attached hydrogen (secondary N) is 3. The summed E-state index contributed by atoms with van der Waals surface area (Å²) in [7, 11) is 0. The molecule has 0 spiro atoms. The van der Waals surface area contributed by atoms with Crippen molar-refractivity contribution >= 4 is 28.6 Å². The van der Waals surface area contributed by atoms with Crippen molar-refractivity contribution in [2.75, 3.05) is 11.5 Å². The summed E-state index contributed by atoms with van der Waals surface area (Å²) >= 11 is 0. The number of fused-ring (bicyclic) bond motifs is 1. The van der Waals surface area contributed by atoms with Gasteiger partial charge in [-0.15, -0.1) is 0 Å². The maximum atomic E-state index is 10.9. The Hall–Kier alpha value is -4.19. The van der Waals surface area contributed by atoms with Crippen LogP contribution < -0.4 is 16.8 Å². The third-order valence-corrected chi connectivity index (χ3v) is 5.40. The fraction of sp³-hybridized carbons (Fsp3) is 0.125. The van der Waals surface area contributed by atoms with Gasteiger partial charge in [-0.2, -0.15) is 5.26 Å². The Balaban J connectivity index is 1.63. The lowest BCUT2D eigenvalue weighted by atomic mass is 9.97. The second kappa shape index (κ2) is 8.89. The number of nitriles is 1. The molecule has 0 aliphatic rings. The predicted octanol–water partition coefficient (Wildman–Crippen LogP) is 3.24. The monoisotopic (exact) mass is 425 g/mol. The van der Waals surface area contributed by atoms with Crippen LogP contribution in [0.25, 0.3) is 22.0 Å². The molecular weight excluding hydrogens is 402 g/mol. The van der Waals surface area contributed by atoms with E-state index in [0.29, 0.717) is 35.6 Å². The molecule has 8 nitrogen and oxygen atoms in total. The fourth-order valence-corrected chi connectivity index (χ4v) is 3.67. The summed E-state index contributed by atoms with van der Waals surface area (Å²) in [5.41, 5.74) is 17.9. The topological polar surface area (TPSA) is 161 Å². The van der Waals surface area contributed by atoms with Gasteiger partial charge in [0.25, 0.3) is 0 Å². The van der Waals surface area contributed by atoms with E-state index in [1.54, 1.807) is 12.3 Å². The highest BCUT2D eigenvalue weighted by atomic mass is 16.3. The number of rotatable bonds is 7. The minimum Gasteiger partial charge on any atom is -0.398 e. The number of aromatic nitrogens is 2. The van der Waals surface area contributed by atoms with Gasteiger partial charge in [0, 0.05) is 46.7 Å². The molecule has 160 valence electrons. The van der Waals surface area contributed by atoms with E-state index in [1.165, 1.54) is 6.21 Å². The molecule has 32 heavy (non-hydrogen) atoms. The number of aliphatic hydroxyl groups excluding tert-OH is 1. The van der Waals surface area contributed by atoms with Crippen LogP contribution in [0.2, 0.25) is 0 Å². The first kappa shape index (κ1) is 21.1. The number of hydrogen-bond donors (Lipinski definition) is 6. The summed E-state index contributed by atoms with van der Waals surface area (Å²) in [5.74, 6) is 0.406. The minimum absolute atomic E-state index is 0.342. The summed E-state index contributed by atoms with van der Waals surface area (Å²) in [6.07, 6.45) is 4.01. The number of aromatic amines is 1. The largest absolute Gasteiger partial charge is 0.398 e. The summed E-state index contributed by atoms with van der Waals surface area (Å²) in [6, 6.07) is 15.2. The van der Waals surface area contributed by atoms with E-state index in [0.717, 1.165) is 33.2 Å². The molecule has 0 bridgehead atoms. The second-order valence-electron chi connectivity index (χ2n) is 7.50. The zero-order valence-corrected chi connectivity index (χ0v) is 17.3. The number of benzene rings is 2. The Bertz CT molecular complexity index is 1320. The van der Waals surface area contributed by atoms with Crippen LogP contribution in [0.3, 0.4) is 0 Å². The highest BCUT2D eigenvalue weighted by Gasteiger charge is 2.17. The smallest absolute Gasteiger partial charge is 0.133 e. The van der Waals surface area contributed by atoms with Crippen LogP contribution in [0.4, 0.5) is 11.5 Å². The molecule has 2 aromatic heterocycles. The molecule has 1 unspecified atom stereocenters. The summed E-state index contributed by atoms with van der Waals surface area (Å²) in [5, 5.41) is 31.4. The average Bonchev–Trinajstić information content (AvgIpc) is 3.22. The molecule has 0 aliphatic heterocycles. The van der Waals surface area contributed by atoms with Gasteiger partial charge in [-0.1, -0.05) is 24.3 Å². The van der Waals surface area contributed by atoms with Crippen LogP contribution in [-0.4, -0.2) is 21.3 Å². The molecule has 0 radical (unpaired) electrons. The van der Waals surface area contributed by atoms with E-state index in [1.807, 2.05) is 42.6 Å². The Morgan fingerprint density at radius 1 is 1.19 bits per heavy atom. The molecule has 0 amide bonds. The van der Waals surface area contributed by atoms with Gasteiger partial charge in [0.2, 0.25) is 0 Å². The Morgan fingerprint density at radius 2 is 1.94 bits per heavy atom. The lowest BCUT2D eigenvalue weighted by Gasteiger charge is -2.18. The summed E-state index contributed by atoms with van der Waals surface area (Å²) in [4.78, 5) is 7.27. The van der Waals surface area contributed by atoms with Gasteiger partial charge in [-0.05, 0) is 34.9 Å². The molecule has 0 fully saturated rings. The molecule has 4 aromatic rings. The lowest BCUT2D eigenvalue weighted by molar-refractivity contribution is 0.138. The zero-order chi connectivity index (χ0) is 22.7.